The molecule has 2 aliphatic carbocycles. The molecule has 0 aromatic carbocycles. The Hall–Kier alpha value is -1.00. The lowest BCUT2D eigenvalue weighted by atomic mass is 9.60. The van der Waals surface area contributed by atoms with Gasteiger partial charge in [0.15, 0.2) is 0 Å². The van der Waals surface area contributed by atoms with Gasteiger partial charge in [0.05, 0.1) is 6.61 Å². The van der Waals surface area contributed by atoms with Gasteiger partial charge in [0.2, 0.25) is 0 Å². The Labute approximate surface area is 91.9 Å². The maximum absolute atomic E-state index is 9.35. The van der Waals surface area contributed by atoms with Gasteiger partial charge >= 0.3 is 0 Å². The lowest BCUT2D eigenvalue weighted by Gasteiger charge is -2.44. The largest absolute Gasteiger partial charge is 0.392 e. The molecule has 0 amide bonds. The molecule has 1 saturated carbocycles. The summed E-state index contributed by atoms with van der Waals surface area (Å²) in [6.07, 6.45) is 15.2. The summed E-state index contributed by atoms with van der Waals surface area (Å²) in [5, 5.41) is 9.35. The second-order valence-electron chi connectivity index (χ2n) is 4.96. The molecule has 0 saturated heterocycles. The van der Waals surface area contributed by atoms with Crippen molar-refractivity contribution in [3.63, 3.8) is 0 Å². The van der Waals surface area contributed by atoms with E-state index >= 15 is 0 Å². The second-order valence-corrected chi connectivity index (χ2v) is 4.96. The molecule has 2 aliphatic rings. The summed E-state index contributed by atoms with van der Waals surface area (Å²) in [5.74, 6) is 3.71. The van der Waals surface area contributed by atoms with E-state index in [0.717, 1.165) is 24.8 Å². The maximum atomic E-state index is 9.35. The molecule has 0 radical (unpaired) electrons. The maximum Gasteiger partial charge on any atom is 0.0647 e. The highest BCUT2D eigenvalue weighted by Gasteiger charge is 2.40. The zero-order chi connectivity index (χ0) is 10.9. The van der Waals surface area contributed by atoms with Crippen molar-refractivity contribution in [3.05, 3.63) is 23.8 Å². The Morgan fingerprint density at radius 2 is 2.47 bits per heavy atom. The molecule has 1 fully saturated rings. The van der Waals surface area contributed by atoms with E-state index in [4.69, 9.17) is 6.42 Å². The van der Waals surface area contributed by atoms with Crippen LogP contribution in [0, 0.1) is 29.6 Å². The van der Waals surface area contributed by atoms with Crippen molar-refractivity contribution in [1.29, 1.82) is 0 Å². The standard InChI is InChI=1S/C14H18O/c1-3-11-6-8-14(2)7-4-5-12(10-15)13(14)9-11/h1,4-5,7,11,13,15H,6,8-10H2,2H3/t11-,13-,14-/m0/s1. The van der Waals surface area contributed by atoms with Gasteiger partial charge in [0, 0.05) is 5.92 Å². The molecule has 0 heterocycles. The van der Waals surface area contributed by atoms with E-state index in [9.17, 15) is 5.11 Å². The van der Waals surface area contributed by atoms with Gasteiger partial charge in [-0.2, -0.15) is 0 Å². The summed E-state index contributed by atoms with van der Waals surface area (Å²) in [6.45, 7) is 2.45. The third-order valence-corrected chi connectivity index (χ3v) is 4.00. The Morgan fingerprint density at radius 1 is 1.67 bits per heavy atom. The van der Waals surface area contributed by atoms with Crippen molar-refractivity contribution in [2.75, 3.05) is 6.61 Å². The summed E-state index contributed by atoms with van der Waals surface area (Å²) in [7, 11) is 0. The zero-order valence-electron chi connectivity index (χ0n) is 9.24. The highest BCUT2D eigenvalue weighted by molar-refractivity contribution is 5.28. The molecule has 3 atom stereocenters. The molecule has 1 N–H and O–H groups in total. The predicted octanol–water partition coefficient (Wildman–Crippen LogP) is 2.53. The van der Waals surface area contributed by atoms with Gasteiger partial charge in [0.25, 0.3) is 0 Å². The van der Waals surface area contributed by atoms with Gasteiger partial charge in [-0.05, 0) is 36.2 Å². The normalized spacial score (nSPS) is 39.1. The first-order valence-corrected chi connectivity index (χ1v) is 5.65. The minimum absolute atomic E-state index is 0.169. The third kappa shape index (κ3) is 1.75. The van der Waals surface area contributed by atoms with Crippen molar-refractivity contribution >= 4 is 0 Å². The van der Waals surface area contributed by atoms with Gasteiger partial charge in [-0.1, -0.05) is 25.2 Å². The van der Waals surface area contributed by atoms with Gasteiger partial charge in [-0.15, -0.1) is 12.3 Å². The van der Waals surface area contributed by atoms with Crippen molar-refractivity contribution in [2.24, 2.45) is 17.3 Å². The number of aliphatic hydroxyl groups excluding tert-OH is 1. The number of rotatable bonds is 1. The number of fused-ring (bicyclic) bond motifs is 1. The number of allylic oxidation sites excluding steroid dienone is 3. The van der Waals surface area contributed by atoms with E-state index in [0.29, 0.717) is 11.8 Å². The molecule has 0 spiro atoms. The van der Waals surface area contributed by atoms with Crippen LogP contribution in [0.15, 0.2) is 23.8 Å². The lowest BCUT2D eigenvalue weighted by Crippen LogP contribution is -2.35. The molecular weight excluding hydrogens is 184 g/mol. The molecule has 0 aromatic rings. The van der Waals surface area contributed by atoms with E-state index in [1.54, 1.807) is 0 Å². The summed E-state index contributed by atoms with van der Waals surface area (Å²) in [6, 6.07) is 0. The average Bonchev–Trinajstić information content (AvgIpc) is 2.27. The van der Waals surface area contributed by atoms with Crippen LogP contribution in [0.25, 0.3) is 0 Å². The average molecular weight is 202 g/mol. The monoisotopic (exact) mass is 202 g/mol. The summed E-state index contributed by atoms with van der Waals surface area (Å²) >= 11 is 0. The van der Waals surface area contributed by atoms with E-state index in [1.807, 2.05) is 6.08 Å². The van der Waals surface area contributed by atoms with Crippen molar-refractivity contribution in [2.45, 2.75) is 26.2 Å². The first-order chi connectivity index (χ1) is 7.19. The Morgan fingerprint density at radius 3 is 3.13 bits per heavy atom. The van der Waals surface area contributed by atoms with Crippen LogP contribution in [-0.4, -0.2) is 11.7 Å². The van der Waals surface area contributed by atoms with Crippen LogP contribution in [0.4, 0.5) is 0 Å². The number of terminal acetylenes is 1. The van der Waals surface area contributed by atoms with Crippen molar-refractivity contribution in [3.8, 4) is 12.3 Å². The fourth-order valence-corrected chi connectivity index (χ4v) is 2.93. The van der Waals surface area contributed by atoms with Gasteiger partial charge in [-0.25, -0.2) is 0 Å². The van der Waals surface area contributed by atoms with E-state index in [-0.39, 0.29) is 12.0 Å². The van der Waals surface area contributed by atoms with Crippen LogP contribution in [0.3, 0.4) is 0 Å². The van der Waals surface area contributed by atoms with E-state index in [1.165, 1.54) is 0 Å². The molecule has 0 unspecified atom stereocenters. The van der Waals surface area contributed by atoms with Crippen LogP contribution in [0.2, 0.25) is 0 Å². The zero-order valence-corrected chi connectivity index (χ0v) is 9.24. The first kappa shape index (κ1) is 10.5. The quantitative estimate of drug-likeness (QED) is 0.648. The van der Waals surface area contributed by atoms with Crippen molar-refractivity contribution < 1.29 is 5.11 Å². The van der Waals surface area contributed by atoms with Crippen LogP contribution in [-0.2, 0) is 0 Å². The van der Waals surface area contributed by atoms with Crippen molar-refractivity contribution in [1.82, 2.24) is 0 Å². The van der Waals surface area contributed by atoms with Crippen LogP contribution in [0.1, 0.15) is 26.2 Å². The summed E-state index contributed by atoms with van der Waals surface area (Å²) in [4.78, 5) is 0. The molecule has 15 heavy (non-hydrogen) atoms. The Balaban J connectivity index is 2.25. The second kappa shape index (κ2) is 3.87. The molecule has 0 bridgehead atoms. The van der Waals surface area contributed by atoms with Crippen LogP contribution in [0.5, 0.6) is 0 Å². The van der Waals surface area contributed by atoms with E-state index in [2.05, 4.69) is 25.0 Å². The molecule has 1 heteroatoms. The van der Waals surface area contributed by atoms with Crippen LogP contribution >= 0.6 is 0 Å². The molecule has 1 nitrogen and oxygen atoms in total. The Kier molecular flexibility index (Phi) is 2.71. The highest BCUT2D eigenvalue weighted by Crippen LogP contribution is 2.49. The molecule has 2 rings (SSSR count). The number of hydrogen-bond acceptors (Lipinski definition) is 1. The molecule has 80 valence electrons. The smallest absolute Gasteiger partial charge is 0.0647 e. The Bertz CT molecular complexity index is 345. The molecular formula is C14H18O. The van der Waals surface area contributed by atoms with E-state index < -0.39 is 0 Å². The molecule has 0 aliphatic heterocycles. The SMILES string of the molecule is C#C[C@H]1CC[C@]2(C)C=CC=C(CO)[C@@H]2C1. The number of aliphatic hydroxyl groups is 1. The highest BCUT2D eigenvalue weighted by atomic mass is 16.3. The van der Waals surface area contributed by atoms with Gasteiger partial charge < -0.3 is 5.11 Å². The lowest BCUT2D eigenvalue weighted by molar-refractivity contribution is 0.158. The fraction of sp³-hybridized carbons (Fsp3) is 0.571. The minimum Gasteiger partial charge on any atom is -0.392 e. The molecule has 0 aromatic heterocycles. The number of hydrogen-bond donors (Lipinski definition) is 1. The van der Waals surface area contributed by atoms with Gasteiger partial charge in [-0.3, -0.25) is 0 Å². The van der Waals surface area contributed by atoms with Gasteiger partial charge in [0.1, 0.15) is 0 Å². The summed E-state index contributed by atoms with van der Waals surface area (Å²) in [5.41, 5.74) is 1.38. The topological polar surface area (TPSA) is 20.2 Å². The van der Waals surface area contributed by atoms with Crippen LogP contribution < -0.4 is 0 Å². The predicted molar refractivity (Wildman–Crippen MR) is 62.1 cm³/mol. The fourth-order valence-electron chi connectivity index (χ4n) is 2.93. The third-order valence-electron chi connectivity index (χ3n) is 4.00. The summed E-state index contributed by atoms with van der Waals surface area (Å²) < 4.78 is 0. The first-order valence-electron chi connectivity index (χ1n) is 5.65. The minimum atomic E-state index is 0.169.